The number of hydrogen-bond acceptors (Lipinski definition) is 3. The van der Waals surface area contributed by atoms with E-state index in [0.717, 1.165) is 17.3 Å². The van der Waals surface area contributed by atoms with E-state index in [9.17, 15) is 0 Å². The molecule has 1 aliphatic rings. The predicted molar refractivity (Wildman–Crippen MR) is 71.5 cm³/mol. The van der Waals surface area contributed by atoms with E-state index < -0.39 is 0 Å². The molecule has 0 amide bonds. The molecule has 3 nitrogen and oxygen atoms in total. The Bertz CT molecular complexity index is 368. The summed E-state index contributed by atoms with van der Waals surface area (Å²) in [4.78, 5) is 9.39. The molecule has 0 radical (unpaired) electrons. The van der Waals surface area contributed by atoms with Crippen LogP contribution < -0.4 is 5.32 Å². The predicted octanol–water partition coefficient (Wildman–Crippen LogP) is 3.69. The maximum Gasteiger partial charge on any atom is 0.134 e. The smallest absolute Gasteiger partial charge is 0.134 e. The lowest BCUT2D eigenvalue weighted by atomic mass is 9.88. The van der Waals surface area contributed by atoms with Crippen LogP contribution in [0.2, 0.25) is 0 Å². The normalized spacial score (nSPS) is 17.4. The molecular formula is C14H23N3. The fourth-order valence-electron chi connectivity index (χ4n) is 2.45. The average Bonchev–Trinajstić information content (AvgIpc) is 2.39. The molecule has 0 spiro atoms. The van der Waals surface area contributed by atoms with Crippen molar-refractivity contribution in [2.45, 2.75) is 57.8 Å². The minimum Gasteiger partial charge on any atom is -0.373 e. The summed E-state index contributed by atoms with van der Waals surface area (Å²) in [5.41, 5.74) is 1.16. The Hall–Kier alpha value is -1.12. The van der Waals surface area contributed by atoms with E-state index in [1.165, 1.54) is 32.1 Å². The number of nitrogens with zero attached hydrogens (tertiary/aromatic N) is 2. The number of rotatable bonds is 3. The topological polar surface area (TPSA) is 37.8 Å². The van der Waals surface area contributed by atoms with Crippen LogP contribution in [0, 0.1) is 0 Å². The molecule has 0 bridgehead atoms. The molecule has 0 unspecified atom stereocenters. The van der Waals surface area contributed by atoms with Crippen molar-refractivity contribution >= 4 is 5.82 Å². The van der Waals surface area contributed by atoms with Gasteiger partial charge in [0, 0.05) is 24.7 Å². The number of hydrogen-bond donors (Lipinski definition) is 1. The molecule has 94 valence electrons. The van der Waals surface area contributed by atoms with E-state index in [2.05, 4.69) is 30.2 Å². The van der Waals surface area contributed by atoms with Crippen LogP contribution in [0.1, 0.15) is 69.3 Å². The first-order valence-electron chi connectivity index (χ1n) is 6.77. The van der Waals surface area contributed by atoms with Gasteiger partial charge in [-0.05, 0) is 18.8 Å². The van der Waals surface area contributed by atoms with Crippen molar-refractivity contribution < 1.29 is 0 Å². The molecule has 17 heavy (non-hydrogen) atoms. The first-order valence-corrected chi connectivity index (χ1v) is 6.77. The summed E-state index contributed by atoms with van der Waals surface area (Å²) < 4.78 is 0. The molecule has 3 heteroatoms. The zero-order valence-electron chi connectivity index (χ0n) is 11.2. The van der Waals surface area contributed by atoms with Crippen molar-refractivity contribution in [3.05, 3.63) is 17.6 Å². The van der Waals surface area contributed by atoms with Gasteiger partial charge in [-0.3, -0.25) is 0 Å². The van der Waals surface area contributed by atoms with Gasteiger partial charge in [-0.15, -0.1) is 0 Å². The SMILES string of the molecule is CNc1cc(C(C)C)nc(C2CCCCC2)n1. The molecule has 1 aromatic heterocycles. The van der Waals surface area contributed by atoms with Crippen molar-refractivity contribution in [1.29, 1.82) is 0 Å². The standard InChI is InChI=1S/C14H23N3/c1-10(2)12-9-13(15-3)17-14(16-12)11-7-5-4-6-8-11/h9-11H,4-8H2,1-3H3,(H,15,16,17). The third-order valence-electron chi connectivity index (χ3n) is 3.58. The Balaban J connectivity index is 2.28. The van der Waals surface area contributed by atoms with Gasteiger partial charge in [-0.1, -0.05) is 33.1 Å². The highest BCUT2D eigenvalue weighted by atomic mass is 15.0. The van der Waals surface area contributed by atoms with Crippen molar-refractivity contribution in [1.82, 2.24) is 9.97 Å². The number of aromatic nitrogens is 2. The molecular weight excluding hydrogens is 210 g/mol. The zero-order chi connectivity index (χ0) is 12.3. The maximum absolute atomic E-state index is 4.75. The Labute approximate surface area is 104 Å². The maximum atomic E-state index is 4.75. The largest absolute Gasteiger partial charge is 0.373 e. The van der Waals surface area contributed by atoms with Gasteiger partial charge in [0.2, 0.25) is 0 Å². The van der Waals surface area contributed by atoms with Crippen LogP contribution in [0.25, 0.3) is 0 Å². The third-order valence-corrected chi connectivity index (χ3v) is 3.58. The van der Waals surface area contributed by atoms with Crippen LogP contribution in [0.15, 0.2) is 6.07 Å². The summed E-state index contributed by atoms with van der Waals surface area (Å²) in [6, 6.07) is 2.07. The van der Waals surface area contributed by atoms with Gasteiger partial charge < -0.3 is 5.32 Å². The van der Waals surface area contributed by atoms with Gasteiger partial charge in [0.05, 0.1) is 0 Å². The highest BCUT2D eigenvalue weighted by Gasteiger charge is 2.19. The molecule has 0 aromatic carbocycles. The quantitative estimate of drug-likeness (QED) is 0.865. The van der Waals surface area contributed by atoms with Crippen LogP contribution in [0.3, 0.4) is 0 Å². The Morgan fingerprint density at radius 3 is 2.47 bits per heavy atom. The van der Waals surface area contributed by atoms with Gasteiger partial charge >= 0.3 is 0 Å². The second kappa shape index (κ2) is 5.48. The van der Waals surface area contributed by atoms with Gasteiger partial charge in [0.15, 0.2) is 0 Å². The molecule has 1 N–H and O–H groups in total. The summed E-state index contributed by atoms with van der Waals surface area (Å²) >= 11 is 0. The second-order valence-electron chi connectivity index (χ2n) is 5.28. The van der Waals surface area contributed by atoms with Crippen molar-refractivity contribution in [3.8, 4) is 0 Å². The van der Waals surface area contributed by atoms with Crippen molar-refractivity contribution in [2.75, 3.05) is 12.4 Å². The summed E-state index contributed by atoms with van der Waals surface area (Å²) in [5, 5.41) is 3.15. The van der Waals surface area contributed by atoms with E-state index in [1.54, 1.807) is 0 Å². The van der Waals surface area contributed by atoms with E-state index in [4.69, 9.17) is 4.98 Å². The van der Waals surface area contributed by atoms with E-state index in [-0.39, 0.29) is 0 Å². The van der Waals surface area contributed by atoms with Gasteiger partial charge in [0.25, 0.3) is 0 Å². The first kappa shape index (κ1) is 12.3. The Morgan fingerprint density at radius 1 is 1.18 bits per heavy atom. The monoisotopic (exact) mass is 233 g/mol. The minimum atomic E-state index is 0.465. The lowest BCUT2D eigenvalue weighted by molar-refractivity contribution is 0.427. The molecule has 1 aromatic rings. The Morgan fingerprint density at radius 2 is 1.88 bits per heavy atom. The summed E-state index contributed by atoms with van der Waals surface area (Å²) in [7, 11) is 1.93. The van der Waals surface area contributed by atoms with Gasteiger partial charge in [-0.25, -0.2) is 9.97 Å². The van der Waals surface area contributed by atoms with Crippen LogP contribution >= 0.6 is 0 Å². The highest BCUT2D eigenvalue weighted by Crippen LogP contribution is 2.31. The zero-order valence-corrected chi connectivity index (χ0v) is 11.2. The molecule has 0 atom stereocenters. The average molecular weight is 233 g/mol. The number of nitrogens with one attached hydrogen (secondary N) is 1. The first-order chi connectivity index (χ1) is 8.20. The van der Waals surface area contributed by atoms with E-state index >= 15 is 0 Å². The molecule has 1 fully saturated rings. The van der Waals surface area contributed by atoms with Crippen LogP contribution in [0.5, 0.6) is 0 Å². The van der Waals surface area contributed by atoms with Crippen molar-refractivity contribution in [3.63, 3.8) is 0 Å². The van der Waals surface area contributed by atoms with Crippen LogP contribution in [-0.2, 0) is 0 Å². The summed E-state index contributed by atoms with van der Waals surface area (Å²) in [6.45, 7) is 4.37. The molecule has 1 aliphatic carbocycles. The molecule has 1 saturated carbocycles. The minimum absolute atomic E-state index is 0.465. The fraction of sp³-hybridized carbons (Fsp3) is 0.714. The summed E-state index contributed by atoms with van der Waals surface area (Å²) in [6.07, 6.45) is 6.54. The summed E-state index contributed by atoms with van der Waals surface area (Å²) in [5.74, 6) is 3.06. The molecule has 0 saturated heterocycles. The fourth-order valence-corrected chi connectivity index (χ4v) is 2.45. The molecule has 0 aliphatic heterocycles. The van der Waals surface area contributed by atoms with Gasteiger partial charge in [0.1, 0.15) is 11.6 Å². The molecule has 1 heterocycles. The Kier molecular flexibility index (Phi) is 3.97. The lowest BCUT2D eigenvalue weighted by Crippen LogP contribution is -2.12. The van der Waals surface area contributed by atoms with Crippen molar-refractivity contribution in [2.24, 2.45) is 0 Å². The van der Waals surface area contributed by atoms with Gasteiger partial charge in [-0.2, -0.15) is 0 Å². The van der Waals surface area contributed by atoms with E-state index in [0.29, 0.717) is 11.8 Å². The second-order valence-corrected chi connectivity index (χ2v) is 5.28. The highest BCUT2D eigenvalue weighted by molar-refractivity contribution is 5.36. The number of anilines is 1. The van der Waals surface area contributed by atoms with Crippen LogP contribution in [-0.4, -0.2) is 17.0 Å². The third kappa shape index (κ3) is 2.96. The van der Waals surface area contributed by atoms with Crippen LogP contribution in [0.4, 0.5) is 5.82 Å². The van der Waals surface area contributed by atoms with E-state index in [1.807, 2.05) is 7.05 Å². The molecule has 2 rings (SSSR count). The lowest BCUT2D eigenvalue weighted by Gasteiger charge is -2.21.